The van der Waals surface area contributed by atoms with E-state index in [2.05, 4.69) is 30.2 Å². The fourth-order valence-electron chi connectivity index (χ4n) is 1.74. The summed E-state index contributed by atoms with van der Waals surface area (Å²) in [6, 6.07) is 4.14. The second-order valence-corrected chi connectivity index (χ2v) is 5.49. The van der Waals surface area contributed by atoms with Crippen LogP contribution in [0.1, 0.15) is 32.3 Å². The van der Waals surface area contributed by atoms with E-state index in [0.717, 1.165) is 29.8 Å². The van der Waals surface area contributed by atoms with Gasteiger partial charge >= 0.3 is 0 Å². The first-order chi connectivity index (χ1) is 8.80. The Labute approximate surface area is 114 Å². The summed E-state index contributed by atoms with van der Waals surface area (Å²) in [6.45, 7) is 5.69. The molecule has 0 radical (unpaired) electrons. The third-order valence-electron chi connectivity index (χ3n) is 3.06. The molecular formula is C14H24N2OS. The molecule has 3 nitrogen and oxygen atoms in total. The van der Waals surface area contributed by atoms with Gasteiger partial charge in [0.2, 0.25) is 0 Å². The summed E-state index contributed by atoms with van der Waals surface area (Å²) in [5.41, 5.74) is 1.26. The SMILES string of the molecule is CCC(CC)CNc1cc(CSCCO)ccn1. The van der Waals surface area contributed by atoms with E-state index in [-0.39, 0.29) is 6.61 Å². The highest BCUT2D eigenvalue weighted by atomic mass is 32.2. The van der Waals surface area contributed by atoms with Crippen LogP contribution in [0.5, 0.6) is 0 Å². The molecule has 0 bridgehead atoms. The van der Waals surface area contributed by atoms with Crippen LogP contribution in [0.2, 0.25) is 0 Å². The van der Waals surface area contributed by atoms with Crippen LogP contribution in [0.15, 0.2) is 18.3 Å². The maximum atomic E-state index is 8.75. The first-order valence-electron chi connectivity index (χ1n) is 6.67. The van der Waals surface area contributed by atoms with Crippen molar-refractivity contribution in [2.24, 2.45) is 5.92 Å². The average Bonchev–Trinajstić information content (AvgIpc) is 2.41. The Morgan fingerprint density at radius 2 is 2.17 bits per heavy atom. The normalized spacial score (nSPS) is 10.9. The third kappa shape index (κ3) is 5.74. The van der Waals surface area contributed by atoms with Crippen molar-refractivity contribution in [2.45, 2.75) is 32.4 Å². The molecule has 0 unspecified atom stereocenters. The fraction of sp³-hybridized carbons (Fsp3) is 0.643. The van der Waals surface area contributed by atoms with E-state index in [1.54, 1.807) is 11.8 Å². The summed E-state index contributed by atoms with van der Waals surface area (Å²) in [6.07, 6.45) is 4.26. The molecule has 2 N–H and O–H groups in total. The highest BCUT2D eigenvalue weighted by molar-refractivity contribution is 7.98. The van der Waals surface area contributed by atoms with E-state index < -0.39 is 0 Å². The van der Waals surface area contributed by atoms with Crippen molar-refractivity contribution in [1.82, 2.24) is 4.98 Å². The van der Waals surface area contributed by atoms with E-state index in [0.29, 0.717) is 0 Å². The molecule has 18 heavy (non-hydrogen) atoms. The minimum absolute atomic E-state index is 0.246. The molecule has 0 aliphatic carbocycles. The van der Waals surface area contributed by atoms with Gasteiger partial charge in [0, 0.05) is 24.2 Å². The Kier molecular flexibility index (Phi) is 7.85. The average molecular weight is 268 g/mol. The number of pyridine rings is 1. The maximum Gasteiger partial charge on any atom is 0.126 e. The number of aliphatic hydroxyl groups is 1. The van der Waals surface area contributed by atoms with Gasteiger partial charge in [0.15, 0.2) is 0 Å². The van der Waals surface area contributed by atoms with Gasteiger partial charge in [-0.05, 0) is 23.6 Å². The minimum Gasteiger partial charge on any atom is -0.396 e. The number of aromatic nitrogens is 1. The van der Waals surface area contributed by atoms with Crippen LogP contribution in [0.4, 0.5) is 5.82 Å². The largest absolute Gasteiger partial charge is 0.396 e. The van der Waals surface area contributed by atoms with Crippen LogP contribution in [-0.2, 0) is 5.75 Å². The van der Waals surface area contributed by atoms with Crippen LogP contribution in [0.25, 0.3) is 0 Å². The van der Waals surface area contributed by atoms with E-state index >= 15 is 0 Å². The number of hydrogen-bond acceptors (Lipinski definition) is 4. The van der Waals surface area contributed by atoms with Crippen LogP contribution in [0, 0.1) is 5.92 Å². The zero-order valence-corrected chi connectivity index (χ0v) is 12.2. The second kappa shape index (κ2) is 9.22. The summed E-state index contributed by atoms with van der Waals surface area (Å²) in [7, 11) is 0. The Hall–Kier alpha value is -0.740. The van der Waals surface area contributed by atoms with Gasteiger partial charge in [-0.2, -0.15) is 11.8 Å². The van der Waals surface area contributed by atoms with Gasteiger partial charge in [0.25, 0.3) is 0 Å². The Bertz CT molecular complexity index is 329. The molecule has 0 aliphatic heterocycles. The Morgan fingerprint density at radius 1 is 1.39 bits per heavy atom. The summed E-state index contributed by atoms with van der Waals surface area (Å²) in [5, 5.41) is 12.2. The van der Waals surface area contributed by atoms with Gasteiger partial charge in [-0.3, -0.25) is 0 Å². The quantitative estimate of drug-likeness (QED) is 0.675. The Balaban J connectivity index is 2.43. The number of rotatable bonds is 9. The number of thioether (sulfide) groups is 1. The molecule has 1 rings (SSSR count). The summed E-state index contributed by atoms with van der Waals surface area (Å²) < 4.78 is 0. The minimum atomic E-state index is 0.246. The molecule has 4 heteroatoms. The molecule has 1 heterocycles. The van der Waals surface area contributed by atoms with Crippen molar-refractivity contribution in [3.63, 3.8) is 0 Å². The lowest BCUT2D eigenvalue weighted by molar-refractivity contribution is 0.322. The van der Waals surface area contributed by atoms with Crippen LogP contribution in [0.3, 0.4) is 0 Å². The van der Waals surface area contributed by atoms with Gasteiger partial charge < -0.3 is 10.4 Å². The lowest BCUT2D eigenvalue weighted by atomic mass is 10.0. The van der Waals surface area contributed by atoms with Crippen molar-refractivity contribution >= 4 is 17.6 Å². The predicted octanol–water partition coefficient (Wildman–Crippen LogP) is 3.16. The molecule has 0 aliphatic rings. The summed E-state index contributed by atoms with van der Waals surface area (Å²) in [4.78, 5) is 4.34. The van der Waals surface area contributed by atoms with Crippen LogP contribution < -0.4 is 5.32 Å². The van der Waals surface area contributed by atoms with Crippen molar-refractivity contribution in [1.29, 1.82) is 0 Å². The van der Waals surface area contributed by atoms with Crippen LogP contribution >= 0.6 is 11.8 Å². The molecule has 0 spiro atoms. The summed E-state index contributed by atoms with van der Waals surface area (Å²) in [5.74, 6) is 3.41. The van der Waals surface area contributed by atoms with Gasteiger partial charge in [0.1, 0.15) is 5.82 Å². The molecule has 1 aromatic heterocycles. The zero-order valence-electron chi connectivity index (χ0n) is 11.4. The first kappa shape index (κ1) is 15.3. The first-order valence-corrected chi connectivity index (χ1v) is 7.83. The number of anilines is 1. The van der Waals surface area contributed by atoms with E-state index in [1.165, 1.54) is 18.4 Å². The van der Waals surface area contributed by atoms with Crippen molar-refractivity contribution in [2.75, 3.05) is 24.2 Å². The second-order valence-electron chi connectivity index (χ2n) is 4.39. The fourth-order valence-corrected chi connectivity index (χ4v) is 2.43. The monoisotopic (exact) mass is 268 g/mol. The maximum absolute atomic E-state index is 8.75. The van der Waals surface area contributed by atoms with Crippen molar-refractivity contribution < 1.29 is 5.11 Å². The topological polar surface area (TPSA) is 45.1 Å². The van der Waals surface area contributed by atoms with Crippen LogP contribution in [-0.4, -0.2) is 29.0 Å². The van der Waals surface area contributed by atoms with E-state index in [9.17, 15) is 0 Å². The molecule has 0 atom stereocenters. The zero-order chi connectivity index (χ0) is 13.2. The van der Waals surface area contributed by atoms with Gasteiger partial charge in [-0.1, -0.05) is 26.7 Å². The van der Waals surface area contributed by atoms with Gasteiger partial charge in [-0.15, -0.1) is 0 Å². The van der Waals surface area contributed by atoms with Crippen molar-refractivity contribution in [3.8, 4) is 0 Å². The molecule has 1 aromatic rings. The third-order valence-corrected chi connectivity index (χ3v) is 4.06. The van der Waals surface area contributed by atoms with Gasteiger partial charge in [0.05, 0.1) is 6.61 Å². The molecule has 0 amide bonds. The number of nitrogens with zero attached hydrogens (tertiary/aromatic N) is 1. The lowest BCUT2D eigenvalue weighted by Crippen LogP contribution is -2.13. The Morgan fingerprint density at radius 3 is 2.83 bits per heavy atom. The summed E-state index contributed by atoms with van der Waals surface area (Å²) >= 11 is 1.74. The molecule has 0 saturated heterocycles. The lowest BCUT2D eigenvalue weighted by Gasteiger charge is -2.14. The molecule has 102 valence electrons. The highest BCUT2D eigenvalue weighted by Gasteiger charge is 2.03. The molecular weight excluding hydrogens is 244 g/mol. The molecule has 0 aromatic carbocycles. The number of aliphatic hydroxyl groups excluding tert-OH is 1. The molecule has 0 saturated carbocycles. The van der Waals surface area contributed by atoms with E-state index in [4.69, 9.17) is 5.11 Å². The van der Waals surface area contributed by atoms with E-state index in [1.807, 2.05) is 12.3 Å². The van der Waals surface area contributed by atoms with Gasteiger partial charge in [-0.25, -0.2) is 4.98 Å². The standard InChI is InChI=1S/C14H24N2OS/c1-3-12(4-2)10-16-14-9-13(5-6-15-14)11-18-8-7-17/h5-6,9,12,17H,3-4,7-8,10-11H2,1-2H3,(H,15,16). The number of hydrogen-bond donors (Lipinski definition) is 2. The molecule has 0 fully saturated rings. The predicted molar refractivity (Wildman–Crippen MR) is 80.0 cm³/mol. The smallest absolute Gasteiger partial charge is 0.126 e. The van der Waals surface area contributed by atoms with Crippen molar-refractivity contribution in [3.05, 3.63) is 23.9 Å². The highest BCUT2D eigenvalue weighted by Crippen LogP contribution is 2.15. The number of nitrogens with one attached hydrogen (secondary N) is 1.